The van der Waals surface area contributed by atoms with Crippen LogP contribution in [0.4, 0.5) is 0 Å². The zero-order chi connectivity index (χ0) is 29.2. The second kappa shape index (κ2) is 35.2. The van der Waals surface area contributed by atoms with Crippen molar-refractivity contribution in [3.63, 3.8) is 0 Å². The van der Waals surface area contributed by atoms with Crippen LogP contribution in [0.2, 0.25) is 0 Å². The Labute approximate surface area is 256 Å². The summed E-state index contributed by atoms with van der Waals surface area (Å²) < 4.78 is 0. The van der Waals surface area contributed by atoms with E-state index in [0.717, 1.165) is 5.92 Å². The molecule has 0 atom stereocenters. The van der Waals surface area contributed by atoms with Crippen molar-refractivity contribution in [1.82, 2.24) is 4.90 Å². The fourth-order valence-electron chi connectivity index (χ4n) is 6.28. The molecular weight excluding hydrogens is 482 g/mol. The normalized spacial score (nSPS) is 11.8. The van der Waals surface area contributed by atoms with Crippen molar-refractivity contribution in [2.75, 3.05) is 19.6 Å². The lowest BCUT2D eigenvalue weighted by molar-refractivity contribution is 0.254. The summed E-state index contributed by atoms with van der Waals surface area (Å²) >= 11 is 0. The molecule has 40 heavy (non-hydrogen) atoms. The Morgan fingerprint density at radius 2 is 0.525 bits per heavy atom. The van der Waals surface area contributed by atoms with Crippen LogP contribution in [0.15, 0.2) is 0 Å². The van der Waals surface area contributed by atoms with Crippen LogP contribution in [0.5, 0.6) is 0 Å². The Morgan fingerprint density at radius 3 is 0.775 bits per heavy atom. The van der Waals surface area contributed by atoms with Gasteiger partial charge in [-0.2, -0.15) is 0 Å². The van der Waals surface area contributed by atoms with Crippen LogP contribution in [0.3, 0.4) is 0 Å². The van der Waals surface area contributed by atoms with Gasteiger partial charge < -0.3 is 4.90 Å². The molecule has 0 unspecified atom stereocenters. The molecule has 0 aromatic heterocycles. The summed E-state index contributed by atoms with van der Waals surface area (Å²) in [5.41, 5.74) is 0. The molecule has 0 rings (SSSR count). The van der Waals surface area contributed by atoms with Gasteiger partial charge in [0.05, 0.1) is 0 Å². The standard InChI is InChI=1S/C39H81N/c1-5-7-9-11-13-15-20-24-28-32-36-40(37-33-29-25-21-16-14-12-10-8-6-2)38-34-30-26-22-18-17-19-23-27-31-35-39(3)4/h39H,5-38H2,1-4H3. The zero-order valence-corrected chi connectivity index (χ0v) is 29.1. The number of unbranched alkanes of at least 4 members (excludes halogenated alkanes) is 27. The van der Waals surface area contributed by atoms with E-state index in [1.54, 1.807) is 0 Å². The van der Waals surface area contributed by atoms with Crippen molar-refractivity contribution < 1.29 is 0 Å². The quantitative estimate of drug-likeness (QED) is 0.0693. The lowest BCUT2D eigenvalue weighted by atomic mass is 10.0. The highest BCUT2D eigenvalue weighted by Gasteiger charge is 2.05. The third-order valence-electron chi connectivity index (χ3n) is 9.16. The minimum Gasteiger partial charge on any atom is -0.303 e. The summed E-state index contributed by atoms with van der Waals surface area (Å²) in [6, 6.07) is 0. The van der Waals surface area contributed by atoms with Crippen molar-refractivity contribution in [1.29, 1.82) is 0 Å². The first-order valence-corrected chi connectivity index (χ1v) is 19.4. The van der Waals surface area contributed by atoms with Gasteiger partial charge >= 0.3 is 0 Å². The molecular formula is C39H81N. The van der Waals surface area contributed by atoms with Crippen LogP contribution >= 0.6 is 0 Å². The molecule has 0 aliphatic rings. The molecule has 0 aromatic carbocycles. The van der Waals surface area contributed by atoms with E-state index in [4.69, 9.17) is 0 Å². The highest BCUT2D eigenvalue weighted by atomic mass is 15.1. The van der Waals surface area contributed by atoms with Crippen LogP contribution in [0.1, 0.15) is 227 Å². The monoisotopic (exact) mass is 564 g/mol. The van der Waals surface area contributed by atoms with E-state index in [2.05, 4.69) is 32.6 Å². The van der Waals surface area contributed by atoms with E-state index in [1.165, 1.54) is 219 Å². The first kappa shape index (κ1) is 40.0. The molecule has 0 bridgehead atoms. The maximum Gasteiger partial charge on any atom is -0.00187 e. The topological polar surface area (TPSA) is 3.24 Å². The van der Waals surface area contributed by atoms with Crippen molar-refractivity contribution in [2.45, 2.75) is 227 Å². The summed E-state index contributed by atoms with van der Waals surface area (Å²) in [5, 5.41) is 0. The van der Waals surface area contributed by atoms with E-state index in [-0.39, 0.29) is 0 Å². The predicted octanol–water partition coefficient (Wildman–Crippen LogP) is 14.1. The van der Waals surface area contributed by atoms with Gasteiger partial charge in [-0.15, -0.1) is 0 Å². The van der Waals surface area contributed by atoms with Crippen molar-refractivity contribution in [3.05, 3.63) is 0 Å². The van der Waals surface area contributed by atoms with E-state index in [0.29, 0.717) is 0 Å². The van der Waals surface area contributed by atoms with E-state index >= 15 is 0 Å². The molecule has 242 valence electrons. The second-order valence-corrected chi connectivity index (χ2v) is 13.9. The maximum atomic E-state index is 2.85. The summed E-state index contributed by atoms with van der Waals surface area (Å²) in [7, 11) is 0. The summed E-state index contributed by atoms with van der Waals surface area (Å²) in [4.78, 5) is 2.85. The van der Waals surface area contributed by atoms with Crippen LogP contribution in [0.25, 0.3) is 0 Å². The van der Waals surface area contributed by atoms with E-state index in [1.807, 2.05) is 0 Å². The molecule has 0 aliphatic heterocycles. The minimum atomic E-state index is 0.890. The lowest BCUT2D eigenvalue weighted by Gasteiger charge is -2.22. The second-order valence-electron chi connectivity index (χ2n) is 13.9. The van der Waals surface area contributed by atoms with E-state index in [9.17, 15) is 0 Å². The van der Waals surface area contributed by atoms with Gasteiger partial charge in [0.2, 0.25) is 0 Å². The van der Waals surface area contributed by atoms with Gasteiger partial charge in [-0.05, 0) is 44.8 Å². The fourth-order valence-corrected chi connectivity index (χ4v) is 6.28. The van der Waals surface area contributed by atoms with Gasteiger partial charge in [0.15, 0.2) is 0 Å². The average Bonchev–Trinajstić information content (AvgIpc) is 2.94. The lowest BCUT2D eigenvalue weighted by Crippen LogP contribution is -2.27. The largest absolute Gasteiger partial charge is 0.303 e. The third kappa shape index (κ3) is 34.2. The van der Waals surface area contributed by atoms with E-state index < -0.39 is 0 Å². The number of rotatable bonds is 35. The highest BCUT2D eigenvalue weighted by Crippen LogP contribution is 2.15. The third-order valence-corrected chi connectivity index (χ3v) is 9.16. The summed E-state index contributed by atoms with van der Waals surface area (Å²) in [6.45, 7) is 13.4. The Balaban J connectivity index is 3.88. The predicted molar refractivity (Wildman–Crippen MR) is 186 cm³/mol. The fraction of sp³-hybridized carbons (Fsp3) is 1.00. The Morgan fingerprint density at radius 1 is 0.300 bits per heavy atom. The van der Waals surface area contributed by atoms with Gasteiger partial charge in [-0.3, -0.25) is 0 Å². The summed E-state index contributed by atoms with van der Waals surface area (Å²) in [6.07, 6.45) is 45.1. The van der Waals surface area contributed by atoms with Crippen molar-refractivity contribution >= 4 is 0 Å². The van der Waals surface area contributed by atoms with Crippen LogP contribution in [-0.4, -0.2) is 24.5 Å². The molecule has 0 N–H and O–H groups in total. The SMILES string of the molecule is CCCCCCCCCCCCN(CCCCCCCCCCCC)CCCCCCCCCCCCC(C)C. The molecule has 0 aromatic rings. The van der Waals surface area contributed by atoms with Gasteiger partial charge in [0, 0.05) is 0 Å². The first-order chi connectivity index (χ1) is 19.7. The molecule has 0 spiro atoms. The Kier molecular flexibility index (Phi) is 35.1. The van der Waals surface area contributed by atoms with Gasteiger partial charge in [0.25, 0.3) is 0 Å². The zero-order valence-electron chi connectivity index (χ0n) is 29.1. The van der Waals surface area contributed by atoms with Crippen molar-refractivity contribution in [2.24, 2.45) is 5.92 Å². The van der Waals surface area contributed by atoms with Crippen LogP contribution in [-0.2, 0) is 0 Å². The molecule has 0 heterocycles. The molecule has 1 nitrogen and oxygen atoms in total. The average molecular weight is 564 g/mol. The van der Waals surface area contributed by atoms with Gasteiger partial charge in [-0.25, -0.2) is 0 Å². The molecule has 0 fully saturated rings. The molecule has 0 aliphatic carbocycles. The summed E-state index contributed by atoms with van der Waals surface area (Å²) in [5.74, 6) is 0.890. The molecule has 0 amide bonds. The van der Waals surface area contributed by atoms with Gasteiger partial charge in [0.1, 0.15) is 0 Å². The number of hydrogen-bond donors (Lipinski definition) is 0. The molecule has 0 radical (unpaired) electrons. The molecule has 0 saturated carbocycles. The Bertz CT molecular complexity index is 407. The molecule has 1 heteroatoms. The van der Waals surface area contributed by atoms with Crippen LogP contribution < -0.4 is 0 Å². The highest BCUT2D eigenvalue weighted by molar-refractivity contribution is 4.61. The number of nitrogens with zero attached hydrogens (tertiary/aromatic N) is 1. The maximum absolute atomic E-state index is 2.85. The smallest absolute Gasteiger partial charge is 0.00187 e. The Hall–Kier alpha value is -0.0400. The van der Waals surface area contributed by atoms with Crippen LogP contribution in [0, 0.1) is 5.92 Å². The number of hydrogen-bond acceptors (Lipinski definition) is 1. The molecule has 0 saturated heterocycles. The van der Waals surface area contributed by atoms with Gasteiger partial charge in [-0.1, -0.05) is 207 Å². The van der Waals surface area contributed by atoms with Crippen molar-refractivity contribution in [3.8, 4) is 0 Å². The first-order valence-electron chi connectivity index (χ1n) is 19.4. The minimum absolute atomic E-state index is 0.890.